The van der Waals surface area contributed by atoms with Gasteiger partial charge in [-0.2, -0.15) is 0 Å². The van der Waals surface area contributed by atoms with Gasteiger partial charge in [0.05, 0.1) is 6.20 Å². The first-order valence-electron chi connectivity index (χ1n) is 9.38. The van der Waals surface area contributed by atoms with Gasteiger partial charge in [0, 0.05) is 50.9 Å². The first kappa shape index (κ1) is 17.0. The SMILES string of the molecule is O=C(c1cnc(-c2ccc3c(c2)OCO3)s1)N1CCC(N2CCNCC2)C1. The van der Waals surface area contributed by atoms with E-state index in [0.717, 1.165) is 67.8 Å². The molecule has 1 unspecified atom stereocenters. The number of fused-ring (bicyclic) bond motifs is 1. The first-order chi connectivity index (χ1) is 13.3. The number of aromatic nitrogens is 1. The molecule has 5 rings (SSSR count). The van der Waals surface area contributed by atoms with E-state index in [1.54, 1.807) is 6.20 Å². The Morgan fingerprint density at radius 3 is 2.93 bits per heavy atom. The van der Waals surface area contributed by atoms with Crippen molar-refractivity contribution in [1.82, 2.24) is 20.1 Å². The van der Waals surface area contributed by atoms with E-state index in [1.165, 1.54) is 11.3 Å². The molecule has 0 spiro atoms. The summed E-state index contributed by atoms with van der Waals surface area (Å²) in [6.07, 6.45) is 2.75. The summed E-state index contributed by atoms with van der Waals surface area (Å²) in [6, 6.07) is 6.25. The lowest BCUT2D eigenvalue weighted by molar-refractivity contribution is 0.0778. The zero-order valence-corrected chi connectivity index (χ0v) is 15.8. The van der Waals surface area contributed by atoms with Crippen LogP contribution in [0.25, 0.3) is 10.6 Å². The number of hydrogen-bond donors (Lipinski definition) is 1. The number of amides is 1. The monoisotopic (exact) mass is 386 g/mol. The molecule has 3 aliphatic rings. The zero-order valence-electron chi connectivity index (χ0n) is 15.0. The molecule has 0 aliphatic carbocycles. The van der Waals surface area contributed by atoms with Crippen molar-refractivity contribution >= 4 is 17.2 Å². The summed E-state index contributed by atoms with van der Waals surface area (Å²) < 4.78 is 10.8. The minimum Gasteiger partial charge on any atom is -0.454 e. The van der Waals surface area contributed by atoms with E-state index in [-0.39, 0.29) is 12.7 Å². The molecule has 2 fully saturated rings. The zero-order chi connectivity index (χ0) is 18.2. The smallest absolute Gasteiger partial charge is 0.265 e. The Kier molecular flexibility index (Phi) is 4.47. The van der Waals surface area contributed by atoms with E-state index in [9.17, 15) is 4.79 Å². The van der Waals surface area contributed by atoms with Crippen LogP contribution in [0.2, 0.25) is 0 Å². The van der Waals surface area contributed by atoms with Crippen molar-refractivity contribution in [3.05, 3.63) is 29.3 Å². The molecule has 7 nitrogen and oxygen atoms in total. The van der Waals surface area contributed by atoms with Crippen molar-refractivity contribution in [3.8, 4) is 22.1 Å². The predicted molar refractivity (Wildman–Crippen MR) is 102 cm³/mol. The number of carbonyl (C=O) groups is 1. The first-order valence-corrected chi connectivity index (χ1v) is 10.2. The molecule has 2 saturated heterocycles. The van der Waals surface area contributed by atoms with Crippen LogP contribution in [0.5, 0.6) is 11.5 Å². The largest absolute Gasteiger partial charge is 0.454 e. The average molecular weight is 386 g/mol. The van der Waals surface area contributed by atoms with E-state index in [2.05, 4.69) is 15.2 Å². The van der Waals surface area contributed by atoms with Crippen LogP contribution >= 0.6 is 11.3 Å². The second-order valence-corrected chi connectivity index (χ2v) is 8.11. The maximum Gasteiger partial charge on any atom is 0.265 e. The van der Waals surface area contributed by atoms with Crippen molar-refractivity contribution < 1.29 is 14.3 Å². The molecule has 1 atom stereocenters. The molecule has 0 radical (unpaired) electrons. The number of hydrogen-bond acceptors (Lipinski definition) is 7. The topological polar surface area (TPSA) is 66.9 Å². The summed E-state index contributed by atoms with van der Waals surface area (Å²) in [4.78, 5) is 22.6. The molecule has 1 amide bonds. The Morgan fingerprint density at radius 2 is 2.04 bits per heavy atom. The Balaban J connectivity index is 1.28. The van der Waals surface area contributed by atoms with Crippen molar-refractivity contribution in [2.75, 3.05) is 46.1 Å². The highest BCUT2D eigenvalue weighted by Gasteiger charge is 2.32. The molecule has 1 aromatic heterocycles. The van der Waals surface area contributed by atoms with E-state index in [4.69, 9.17) is 9.47 Å². The number of ether oxygens (including phenoxy) is 2. The minimum absolute atomic E-state index is 0.0946. The molecule has 1 N–H and O–H groups in total. The Hall–Kier alpha value is -2.16. The van der Waals surface area contributed by atoms with Gasteiger partial charge in [-0.15, -0.1) is 11.3 Å². The lowest BCUT2D eigenvalue weighted by Crippen LogP contribution is -2.49. The van der Waals surface area contributed by atoms with Gasteiger partial charge in [0.1, 0.15) is 9.88 Å². The molecule has 4 heterocycles. The summed E-state index contributed by atoms with van der Waals surface area (Å²) in [6.45, 7) is 6.11. The quantitative estimate of drug-likeness (QED) is 0.866. The van der Waals surface area contributed by atoms with Gasteiger partial charge >= 0.3 is 0 Å². The molecule has 142 valence electrons. The third kappa shape index (κ3) is 3.28. The van der Waals surface area contributed by atoms with Gasteiger partial charge in [0.2, 0.25) is 6.79 Å². The number of nitrogens with one attached hydrogen (secondary N) is 1. The highest BCUT2D eigenvalue weighted by Crippen LogP contribution is 2.37. The fourth-order valence-corrected chi connectivity index (χ4v) is 4.84. The molecule has 1 aromatic carbocycles. The lowest BCUT2D eigenvalue weighted by atomic mass is 10.2. The highest BCUT2D eigenvalue weighted by molar-refractivity contribution is 7.16. The third-order valence-corrected chi connectivity index (χ3v) is 6.49. The van der Waals surface area contributed by atoms with Crippen LogP contribution in [-0.4, -0.2) is 72.8 Å². The predicted octanol–water partition coefficient (Wildman–Crippen LogP) is 1.66. The number of piperazine rings is 1. The maximum atomic E-state index is 12.9. The summed E-state index contributed by atoms with van der Waals surface area (Å²) >= 11 is 1.44. The van der Waals surface area contributed by atoms with Crippen molar-refractivity contribution in [2.24, 2.45) is 0 Å². The normalized spacial score (nSPS) is 22.4. The number of likely N-dealkylation sites (tertiary alicyclic amines) is 1. The Labute approximate surface area is 161 Å². The Bertz CT molecular complexity index is 849. The van der Waals surface area contributed by atoms with Crippen LogP contribution in [0, 0.1) is 0 Å². The minimum atomic E-state index is 0.0946. The number of thiazole rings is 1. The van der Waals surface area contributed by atoms with Crippen molar-refractivity contribution in [1.29, 1.82) is 0 Å². The van der Waals surface area contributed by atoms with Gasteiger partial charge in [-0.3, -0.25) is 9.69 Å². The van der Waals surface area contributed by atoms with Crippen LogP contribution in [0.1, 0.15) is 16.1 Å². The fourth-order valence-electron chi connectivity index (χ4n) is 3.96. The molecule has 2 aromatic rings. The summed E-state index contributed by atoms with van der Waals surface area (Å²) in [5.74, 6) is 1.58. The van der Waals surface area contributed by atoms with E-state index >= 15 is 0 Å². The van der Waals surface area contributed by atoms with Crippen LogP contribution in [0.4, 0.5) is 0 Å². The van der Waals surface area contributed by atoms with E-state index < -0.39 is 0 Å². The van der Waals surface area contributed by atoms with Crippen molar-refractivity contribution in [3.63, 3.8) is 0 Å². The highest BCUT2D eigenvalue weighted by atomic mass is 32.1. The van der Waals surface area contributed by atoms with Crippen LogP contribution in [0.3, 0.4) is 0 Å². The molecule has 0 saturated carbocycles. The van der Waals surface area contributed by atoms with Crippen LogP contribution in [-0.2, 0) is 0 Å². The molecule has 27 heavy (non-hydrogen) atoms. The standard InChI is InChI=1S/C19H22N4O3S/c24-19(23-6-3-14(11-23)22-7-4-20-5-8-22)17-10-21-18(27-17)13-1-2-15-16(9-13)26-12-25-15/h1-2,9-10,14,20H,3-8,11-12H2. The van der Waals surface area contributed by atoms with Crippen LogP contribution < -0.4 is 14.8 Å². The summed E-state index contributed by atoms with van der Waals surface area (Å²) in [7, 11) is 0. The van der Waals surface area contributed by atoms with Crippen LogP contribution in [0.15, 0.2) is 24.4 Å². The molecule has 8 heteroatoms. The molecular weight excluding hydrogens is 364 g/mol. The second kappa shape index (κ2) is 7.10. The maximum absolute atomic E-state index is 12.9. The molecular formula is C19H22N4O3S. The second-order valence-electron chi connectivity index (χ2n) is 7.08. The van der Waals surface area contributed by atoms with Gasteiger partial charge < -0.3 is 19.7 Å². The third-order valence-electron chi connectivity index (χ3n) is 5.45. The van der Waals surface area contributed by atoms with Gasteiger partial charge in [-0.1, -0.05) is 0 Å². The Morgan fingerprint density at radius 1 is 1.19 bits per heavy atom. The fraction of sp³-hybridized carbons (Fsp3) is 0.474. The summed E-state index contributed by atoms with van der Waals surface area (Å²) in [5.41, 5.74) is 0.948. The number of rotatable bonds is 3. The average Bonchev–Trinajstić information content (AvgIpc) is 3.47. The molecule has 3 aliphatic heterocycles. The van der Waals surface area contributed by atoms with Gasteiger partial charge in [-0.25, -0.2) is 4.98 Å². The lowest BCUT2D eigenvalue weighted by Gasteiger charge is -2.32. The van der Waals surface area contributed by atoms with Gasteiger partial charge in [0.25, 0.3) is 5.91 Å². The van der Waals surface area contributed by atoms with Gasteiger partial charge in [0.15, 0.2) is 11.5 Å². The number of carbonyl (C=O) groups excluding carboxylic acids is 1. The number of nitrogens with zero attached hydrogens (tertiary/aromatic N) is 3. The van der Waals surface area contributed by atoms with Crippen molar-refractivity contribution in [2.45, 2.75) is 12.5 Å². The van der Waals surface area contributed by atoms with Gasteiger partial charge in [-0.05, 0) is 24.6 Å². The summed E-state index contributed by atoms with van der Waals surface area (Å²) in [5, 5.41) is 4.21. The number of benzene rings is 1. The van der Waals surface area contributed by atoms with E-state index in [0.29, 0.717) is 10.9 Å². The van der Waals surface area contributed by atoms with E-state index in [1.807, 2.05) is 23.1 Å². The molecule has 0 bridgehead atoms.